The van der Waals surface area contributed by atoms with Gasteiger partial charge in [0.15, 0.2) is 0 Å². The van der Waals surface area contributed by atoms with Crippen LogP contribution in [0.1, 0.15) is 53.9 Å². The minimum atomic E-state index is -0.156. The molecule has 10 rings (SSSR count). The van der Waals surface area contributed by atoms with Crippen LogP contribution in [0.2, 0.25) is 0 Å². The van der Waals surface area contributed by atoms with Crippen molar-refractivity contribution in [3.8, 4) is 5.69 Å². The van der Waals surface area contributed by atoms with Gasteiger partial charge in [0.1, 0.15) is 18.2 Å². The lowest BCUT2D eigenvalue weighted by atomic mass is 9.74. The number of hydrogen-bond donors (Lipinski definition) is 2. The molecule has 4 nitrogen and oxygen atoms in total. The summed E-state index contributed by atoms with van der Waals surface area (Å²) in [6.07, 6.45) is 14.6. The Labute approximate surface area is 302 Å². The molecular formula is C46H38N4S. The van der Waals surface area contributed by atoms with E-state index in [2.05, 4.69) is 174 Å². The zero-order valence-electron chi connectivity index (χ0n) is 28.5. The van der Waals surface area contributed by atoms with Crippen molar-refractivity contribution in [2.75, 3.05) is 0 Å². The van der Waals surface area contributed by atoms with Gasteiger partial charge in [0, 0.05) is 59.9 Å². The monoisotopic (exact) mass is 678 g/mol. The number of fused-ring (bicyclic) bond motifs is 6. The Morgan fingerprint density at radius 3 is 2.39 bits per heavy atom. The van der Waals surface area contributed by atoms with Gasteiger partial charge in [-0.05, 0) is 65.9 Å². The summed E-state index contributed by atoms with van der Waals surface area (Å²) < 4.78 is 5.23. The molecule has 3 atom stereocenters. The van der Waals surface area contributed by atoms with Gasteiger partial charge in [0.2, 0.25) is 0 Å². The van der Waals surface area contributed by atoms with Gasteiger partial charge in [-0.3, -0.25) is 5.32 Å². The fourth-order valence-corrected chi connectivity index (χ4v) is 9.68. The molecule has 3 heterocycles. The Balaban J connectivity index is 1.05. The number of aliphatic imine (C=N–C) groups is 1. The Kier molecular flexibility index (Phi) is 7.19. The van der Waals surface area contributed by atoms with Crippen LogP contribution >= 0.6 is 11.3 Å². The van der Waals surface area contributed by atoms with Crippen LogP contribution in [0.4, 0.5) is 0 Å². The quantitative estimate of drug-likeness (QED) is 0.190. The van der Waals surface area contributed by atoms with Crippen LogP contribution in [0.15, 0.2) is 156 Å². The third-order valence-corrected chi connectivity index (χ3v) is 12.1. The molecule has 1 aliphatic heterocycles. The summed E-state index contributed by atoms with van der Waals surface area (Å²) >= 11 is 1.92. The van der Waals surface area contributed by atoms with Crippen LogP contribution in [0.5, 0.6) is 0 Å². The van der Waals surface area contributed by atoms with Gasteiger partial charge in [0.05, 0.1) is 5.52 Å². The summed E-state index contributed by atoms with van der Waals surface area (Å²) in [5.41, 5.74) is 9.82. The molecule has 0 saturated carbocycles. The molecule has 5 heteroatoms. The average molecular weight is 679 g/mol. The van der Waals surface area contributed by atoms with Crippen molar-refractivity contribution in [2.24, 2.45) is 4.99 Å². The van der Waals surface area contributed by atoms with E-state index in [9.17, 15) is 0 Å². The van der Waals surface area contributed by atoms with E-state index in [1.807, 2.05) is 11.3 Å². The number of benzene rings is 5. The van der Waals surface area contributed by atoms with Gasteiger partial charge in [-0.15, -0.1) is 11.3 Å². The predicted molar refractivity (Wildman–Crippen MR) is 215 cm³/mol. The van der Waals surface area contributed by atoms with E-state index in [1.165, 1.54) is 53.5 Å². The van der Waals surface area contributed by atoms with E-state index < -0.39 is 0 Å². The van der Waals surface area contributed by atoms with E-state index in [-0.39, 0.29) is 17.7 Å². The van der Waals surface area contributed by atoms with Crippen molar-refractivity contribution < 1.29 is 0 Å². The fraction of sp³-hybridized carbons (Fsp3) is 0.152. The molecule has 2 N–H and O–H groups in total. The van der Waals surface area contributed by atoms with E-state index in [4.69, 9.17) is 4.99 Å². The molecule has 0 radical (unpaired) electrons. The molecule has 2 aliphatic carbocycles. The van der Waals surface area contributed by atoms with Crippen LogP contribution in [0.25, 0.3) is 42.8 Å². The van der Waals surface area contributed by atoms with E-state index >= 15 is 0 Å². The molecule has 0 fully saturated rings. The third-order valence-electron chi connectivity index (χ3n) is 10.9. The molecule has 5 aromatic carbocycles. The van der Waals surface area contributed by atoms with Crippen molar-refractivity contribution >= 4 is 54.3 Å². The highest BCUT2D eigenvalue weighted by Crippen LogP contribution is 2.46. The summed E-state index contributed by atoms with van der Waals surface area (Å²) in [5.74, 6) is 0.908. The Hall–Kier alpha value is -5.49. The minimum Gasteiger partial charge on any atom is -0.350 e. The topological polar surface area (TPSA) is 41.4 Å². The second-order valence-corrected chi connectivity index (χ2v) is 15.2. The largest absolute Gasteiger partial charge is 0.350 e. The molecule has 0 spiro atoms. The van der Waals surface area contributed by atoms with Crippen molar-refractivity contribution in [1.82, 2.24) is 15.2 Å². The lowest BCUT2D eigenvalue weighted by Crippen LogP contribution is -2.52. The van der Waals surface area contributed by atoms with Gasteiger partial charge in [-0.25, -0.2) is 4.99 Å². The van der Waals surface area contributed by atoms with Crippen LogP contribution in [0, 0.1) is 0 Å². The van der Waals surface area contributed by atoms with Gasteiger partial charge in [-0.1, -0.05) is 122 Å². The zero-order chi connectivity index (χ0) is 33.9. The van der Waals surface area contributed by atoms with Gasteiger partial charge in [0.25, 0.3) is 0 Å². The highest BCUT2D eigenvalue weighted by Gasteiger charge is 2.34. The number of rotatable bonds is 5. The van der Waals surface area contributed by atoms with Crippen molar-refractivity contribution in [2.45, 2.75) is 43.9 Å². The molecule has 248 valence electrons. The molecule has 0 bridgehead atoms. The number of amidine groups is 1. The van der Waals surface area contributed by atoms with Crippen molar-refractivity contribution in [3.63, 3.8) is 0 Å². The second kappa shape index (κ2) is 12.1. The van der Waals surface area contributed by atoms with Crippen LogP contribution in [-0.2, 0) is 11.8 Å². The Morgan fingerprint density at radius 1 is 0.765 bits per heavy atom. The molecule has 2 aromatic heterocycles. The lowest BCUT2D eigenvalue weighted by molar-refractivity contribution is 0.440. The summed E-state index contributed by atoms with van der Waals surface area (Å²) in [7, 11) is 0. The van der Waals surface area contributed by atoms with Crippen LogP contribution < -0.4 is 10.6 Å². The Bertz CT molecular complexity index is 2580. The number of para-hydroxylation sites is 1. The first-order valence-corrected chi connectivity index (χ1v) is 18.8. The highest BCUT2D eigenvalue weighted by atomic mass is 32.1. The normalized spacial score (nSPS) is 21.4. The second-order valence-electron chi connectivity index (χ2n) is 14.2. The molecule has 7 aromatic rings. The predicted octanol–water partition coefficient (Wildman–Crippen LogP) is 10.8. The lowest BCUT2D eigenvalue weighted by Gasteiger charge is -2.33. The number of hydrogen-bond acceptors (Lipinski definition) is 4. The van der Waals surface area contributed by atoms with Crippen molar-refractivity contribution in [3.05, 3.63) is 179 Å². The van der Waals surface area contributed by atoms with E-state index in [1.54, 1.807) is 0 Å². The smallest absolute Gasteiger partial charge is 0.131 e. The average Bonchev–Trinajstić information content (AvgIpc) is 3.74. The number of nitrogens with one attached hydrogen (secondary N) is 2. The molecule has 0 amide bonds. The standard InChI is InChI=1S/C46H38N4S/c1-46(38-20-12-19-37-36-18-9-11-22-41(36)51-42(37)38)28-27-35-34-17-8-10-21-39(34)50(40(35)29-46)33-25-23-32(24-26-33)45-48-43(30-13-4-2-5-14-30)47-44(49-45)31-15-6-3-7-16-31/h2,4-6,8-28,43-44,47H,3,7,29H2,1H3,(H,48,49). The van der Waals surface area contributed by atoms with Crippen molar-refractivity contribution in [1.29, 1.82) is 0 Å². The molecule has 0 saturated heterocycles. The zero-order valence-corrected chi connectivity index (χ0v) is 29.3. The van der Waals surface area contributed by atoms with E-state index in [0.717, 1.165) is 41.9 Å². The SMILES string of the molecule is CC1(c2cccc3c2sc2ccccc23)C=Cc2c(n(-c3ccc(C4=NC(c5ccccc5)NC(C5=CCCC=C5)N4)cc3)c3ccccc23)C1. The number of aromatic nitrogens is 1. The van der Waals surface area contributed by atoms with Gasteiger partial charge >= 0.3 is 0 Å². The third kappa shape index (κ3) is 5.11. The molecule has 3 unspecified atom stereocenters. The molecule has 51 heavy (non-hydrogen) atoms. The van der Waals surface area contributed by atoms with Crippen LogP contribution in [0.3, 0.4) is 0 Å². The first kappa shape index (κ1) is 30.3. The molecular weight excluding hydrogens is 641 g/mol. The molecule has 3 aliphatic rings. The van der Waals surface area contributed by atoms with Gasteiger partial charge in [-0.2, -0.15) is 0 Å². The maximum absolute atomic E-state index is 5.20. The number of nitrogens with zero attached hydrogens (tertiary/aromatic N) is 2. The first-order valence-electron chi connectivity index (χ1n) is 18.0. The minimum absolute atomic E-state index is 0.0193. The highest BCUT2D eigenvalue weighted by molar-refractivity contribution is 7.26. The van der Waals surface area contributed by atoms with Crippen LogP contribution in [-0.4, -0.2) is 16.6 Å². The number of thiophene rings is 1. The summed E-state index contributed by atoms with van der Waals surface area (Å²) in [6.45, 7) is 2.41. The van der Waals surface area contributed by atoms with E-state index in [0.29, 0.717) is 0 Å². The first-order chi connectivity index (χ1) is 25.1. The summed E-state index contributed by atoms with van der Waals surface area (Å²) in [4.78, 5) is 5.20. The fourth-order valence-electron chi connectivity index (χ4n) is 8.33. The number of allylic oxidation sites excluding steroid dienone is 3. The Morgan fingerprint density at radius 2 is 1.55 bits per heavy atom. The maximum Gasteiger partial charge on any atom is 0.131 e. The summed E-state index contributed by atoms with van der Waals surface area (Å²) in [6, 6.07) is 44.1. The maximum atomic E-state index is 5.20. The van der Waals surface area contributed by atoms with Gasteiger partial charge < -0.3 is 9.88 Å². The summed E-state index contributed by atoms with van der Waals surface area (Å²) in [5, 5.41) is 11.5.